The molecule has 0 amide bonds. The van der Waals surface area contributed by atoms with Crippen LogP contribution in [0.5, 0.6) is 5.75 Å². The zero-order chi connectivity index (χ0) is 14.9. The maximum absolute atomic E-state index is 13.5. The molecule has 0 aromatic heterocycles. The van der Waals surface area contributed by atoms with E-state index in [0.717, 1.165) is 24.3 Å². The topological polar surface area (TPSA) is 66.4 Å². The minimum absolute atomic E-state index is 0.00996. The van der Waals surface area contributed by atoms with Gasteiger partial charge in [-0.25, -0.2) is 17.2 Å². The molecule has 0 heterocycles. The summed E-state index contributed by atoms with van der Waals surface area (Å²) < 4.78 is 52.9. The molecule has 0 unspecified atom stereocenters. The van der Waals surface area contributed by atoms with Gasteiger partial charge in [0.2, 0.25) is 0 Å². The Morgan fingerprint density at radius 3 is 2.25 bits per heavy atom. The van der Waals surface area contributed by atoms with Crippen LogP contribution in [0.2, 0.25) is 0 Å². The zero-order valence-electron chi connectivity index (χ0n) is 10.4. The second-order valence-corrected chi connectivity index (χ2v) is 5.78. The van der Waals surface area contributed by atoms with Crippen molar-refractivity contribution >= 4 is 15.7 Å². The van der Waals surface area contributed by atoms with Crippen molar-refractivity contribution in [3.8, 4) is 5.75 Å². The number of nitrogens with one attached hydrogen (secondary N) is 1. The average molecular weight is 299 g/mol. The van der Waals surface area contributed by atoms with Gasteiger partial charge in [-0.2, -0.15) is 0 Å². The Morgan fingerprint density at radius 2 is 1.70 bits per heavy atom. The molecule has 0 radical (unpaired) electrons. The molecule has 0 aliphatic heterocycles. The van der Waals surface area contributed by atoms with E-state index < -0.39 is 26.6 Å². The number of halogens is 2. The molecule has 0 spiro atoms. The Hall–Kier alpha value is -2.15. The van der Waals surface area contributed by atoms with E-state index in [1.807, 2.05) is 4.72 Å². The predicted molar refractivity (Wildman–Crippen MR) is 70.0 cm³/mol. The van der Waals surface area contributed by atoms with Crippen LogP contribution < -0.4 is 4.72 Å². The standard InChI is InChI=1S/C13H11F2NO3S/c1-8-5-6-9(7-12(8)17)16-20(18,19)13-10(14)3-2-4-11(13)15/h2-7,16-17H,1H3. The monoisotopic (exact) mass is 299 g/mol. The molecule has 2 N–H and O–H groups in total. The number of anilines is 1. The maximum atomic E-state index is 13.5. The fraction of sp³-hybridized carbons (Fsp3) is 0.0769. The molecule has 0 saturated heterocycles. The van der Waals surface area contributed by atoms with E-state index in [0.29, 0.717) is 5.56 Å². The first-order valence-corrected chi connectivity index (χ1v) is 7.06. The van der Waals surface area contributed by atoms with Crippen LogP contribution in [0.4, 0.5) is 14.5 Å². The fourth-order valence-corrected chi connectivity index (χ4v) is 2.81. The second-order valence-electron chi connectivity index (χ2n) is 4.16. The molecule has 0 bridgehead atoms. The summed E-state index contributed by atoms with van der Waals surface area (Å²) >= 11 is 0. The van der Waals surface area contributed by atoms with Crippen LogP contribution in [0.1, 0.15) is 5.56 Å². The first-order chi connectivity index (χ1) is 9.31. The van der Waals surface area contributed by atoms with Crippen molar-refractivity contribution in [3.63, 3.8) is 0 Å². The summed E-state index contributed by atoms with van der Waals surface area (Å²) in [5.41, 5.74) is 0.556. The van der Waals surface area contributed by atoms with E-state index in [2.05, 4.69) is 0 Å². The molecule has 7 heteroatoms. The van der Waals surface area contributed by atoms with Gasteiger partial charge in [-0.1, -0.05) is 12.1 Å². The highest BCUT2D eigenvalue weighted by Gasteiger charge is 2.23. The lowest BCUT2D eigenvalue weighted by Crippen LogP contribution is -2.16. The van der Waals surface area contributed by atoms with E-state index in [9.17, 15) is 22.3 Å². The zero-order valence-corrected chi connectivity index (χ0v) is 11.2. The molecule has 0 atom stereocenters. The van der Waals surface area contributed by atoms with Gasteiger partial charge in [0.1, 0.15) is 17.4 Å². The van der Waals surface area contributed by atoms with Gasteiger partial charge >= 0.3 is 0 Å². The number of sulfonamides is 1. The Bertz CT molecular complexity index is 740. The third kappa shape index (κ3) is 2.72. The number of hydrogen-bond donors (Lipinski definition) is 2. The number of aryl methyl sites for hydroxylation is 1. The van der Waals surface area contributed by atoms with Crippen molar-refractivity contribution in [2.24, 2.45) is 0 Å². The van der Waals surface area contributed by atoms with Crippen LogP contribution >= 0.6 is 0 Å². The second kappa shape index (κ2) is 5.09. The van der Waals surface area contributed by atoms with Gasteiger partial charge in [0.25, 0.3) is 10.0 Å². The van der Waals surface area contributed by atoms with Crippen LogP contribution in [-0.2, 0) is 10.0 Å². The first kappa shape index (κ1) is 14.3. The smallest absolute Gasteiger partial charge is 0.267 e. The normalized spacial score (nSPS) is 11.3. The number of rotatable bonds is 3. The van der Waals surface area contributed by atoms with Crippen molar-refractivity contribution in [2.75, 3.05) is 4.72 Å². The number of phenols is 1. The van der Waals surface area contributed by atoms with Crippen LogP contribution in [0, 0.1) is 18.6 Å². The highest BCUT2D eigenvalue weighted by molar-refractivity contribution is 7.92. The van der Waals surface area contributed by atoms with Gasteiger partial charge in [-0.15, -0.1) is 0 Å². The molecule has 2 aromatic rings. The van der Waals surface area contributed by atoms with Crippen molar-refractivity contribution in [2.45, 2.75) is 11.8 Å². The Labute approximate surface area is 114 Å². The number of phenolic OH excluding ortho intramolecular Hbond substituents is 1. The molecular weight excluding hydrogens is 288 g/mol. The maximum Gasteiger partial charge on any atom is 0.267 e. The Balaban J connectivity index is 2.43. The molecule has 0 aliphatic carbocycles. The lowest BCUT2D eigenvalue weighted by Gasteiger charge is -2.10. The van der Waals surface area contributed by atoms with E-state index in [1.165, 1.54) is 12.1 Å². The van der Waals surface area contributed by atoms with Gasteiger partial charge in [0.15, 0.2) is 4.90 Å². The van der Waals surface area contributed by atoms with Crippen molar-refractivity contribution in [1.29, 1.82) is 0 Å². The van der Waals surface area contributed by atoms with Gasteiger partial charge in [0, 0.05) is 6.07 Å². The molecule has 2 aromatic carbocycles. The summed E-state index contributed by atoms with van der Waals surface area (Å²) in [4.78, 5) is -1.06. The largest absolute Gasteiger partial charge is 0.508 e. The summed E-state index contributed by atoms with van der Waals surface area (Å²) in [6.45, 7) is 1.63. The summed E-state index contributed by atoms with van der Waals surface area (Å²) in [6, 6.07) is 6.79. The number of benzene rings is 2. The van der Waals surface area contributed by atoms with E-state index in [4.69, 9.17) is 0 Å². The minimum atomic E-state index is -4.42. The average Bonchev–Trinajstić information content (AvgIpc) is 2.33. The summed E-state index contributed by atoms with van der Waals surface area (Å²) in [5.74, 6) is -2.50. The van der Waals surface area contributed by atoms with E-state index >= 15 is 0 Å². The lowest BCUT2D eigenvalue weighted by molar-refractivity contribution is 0.471. The molecule has 0 fully saturated rings. The van der Waals surface area contributed by atoms with Crippen LogP contribution in [0.15, 0.2) is 41.3 Å². The Morgan fingerprint density at radius 1 is 1.10 bits per heavy atom. The van der Waals surface area contributed by atoms with Crippen molar-refractivity contribution in [3.05, 3.63) is 53.6 Å². The van der Waals surface area contributed by atoms with Crippen molar-refractivity contribution in [1.82, 2.24) is 0 Å². The van der Waals surface area contributed by atoms with Gasteiger partial charge in [-0.3, -0.25) is 4.72 Å². The minimum Gasteiger partial charge on any atom is -0.508 e. The van der Waals surface area contributed by atoms with Crippen LogP contribution in [0.25, 0.3) is 0 Å². The summed E-state index contributed by atoms with van der Waals surface area (Å²) in [6.07, 6.45) is 0. The quantitative estimate of drug-likeness (QED) is 0.916. The SMILES string of the molecule is Cc1ccc(NS(=O)(=O)c2c(F)cccc2F)cc1O. The number of aromatic hydroxyl groups is 1. The molecule has 20 heavy (non-hydrogen) atoms. The van der Waals surface area contributed by atoms with Gasteiger partial charge < -0.3 is 5.11 Å². The van der Waals surface area contributed by atoms with E-state index in [1.54, 1.807) is 6.92 Å². The Kier molecular flexibility index (Phi) is 3.63. The molecule has 4 nitrogen and oxygen atoms in total. The predicted octanol–water partition coefficient (Wildman–Crippen LogP) is 2.78. The molecule has 0 aliphatic rings. The first-order valence-electron chi connectivity index (χ1n) is 5.58. The molecule has 106 valence electrons. The van der Waals surface area contributed by atoms with Crippen LogP contribution in [-0.4, -0.2) is 13.5 Å². The van der Waals surface area contributed by atoms with Gasteiger partial charge in [-0.05, 0) is 30.7 Å². The van der Waals surface area contributed by atoms with E-state index in [-0.39, 0.29) is 11.4 Å². The molecular formula is C13H11F2NO3S. The lowest BCUT2D eigenvalue weighted by atomic mass is 10.2. The third-order valence-corrected chi connectivity index (χ3v) is 4.08. The third-order valence-electron chi connectivity index (χ3n) is 2.65. The number of hydrogen-bond acceptors (Lipinski definition) is 3. The highest BCUT2D eigenvalue weighted by atomic mass is 32.2. The summed E-state index contributed by atoms with van der Waals surface area (Å²) in [7, 11) is -4.42. The fourth-order valence-electron chi connectivity index (χ4n) is 1.62. The summed E-state index contributed by atoms with van der Waals surface area (Å²) in [5, 5.41) is 9.49. The van der Waals surface area contributed by atoms with Crippen LogP contribution in [0.3, 0.4) is 0 Å². The van der Waals surface area contributed by atoms with Gasteiger partial charge in [0.05, 0.1) is 5.69 Å². The van der Waals surface area contributed by atoms with Crippen molar-refractivity contribution < 1.29 is 22.3 Å². The molecule has 2 rings (SSSR count). The molecule has 0 saturated carbocycles. The highest BCUT2D eigenvalue weighted by Crippen LogP contribution is 2.25.